The van der Waals surface area contributed by atoms with Crippen molar-refractivity contribution in [2.45, 2.75) is 19.9 Å². The van der Waals surface area contributed by atoms with Crippen LogP contribution in [-0.2, 0) is 16.1 Å². The molecule has 148 valence electrons. The molecule has 0 aliphatic heterocycles. The molecular formula is C23H24N4O2. The summed E-state index contributed by atoms with van der Waals surface area (Å²) in [5, 5.41) is 10.3. The van der Waals surface area contributed by atoms with Crippen LogP contribution in [0.2, 0.25) is 0 Å². The molecule has 2 amide bonds. The van der Waals surface area contributed by atoms with Gasteiger partial charge in [0.2, 0.25) is 11.8 Å². The lowest BCUT2D eigenvalue weighted by molar-refractivity contribution is -0.127. The van der Waals surface area contributed by atoms with Crippen molar-refractivity contribution in [3.63, 3.8) is 0 Å². The largest absolute Gasteiger partial charge is 0.350 e. The van der Waals surface area contributed by atoms with Gasteiger partial charge in [-0.05, 0) is 24.5 Å². The number of carbonyl (C=O) groups is 2. The number of carbonyl (C=O) groups excluding carboxylic acids is 2. The predicted octanol–water partition coefficient (Wildman–Crippen LogP) is 2.93. The van der Waals surface area contributed by atoms with Gasteiger partial charge in [-0.15, -0.1) is 0 Å². The third-order valence-electron chi connectivity index (χ3n) is 5.20. The van der Waals surface area contributed by atoms with Gasteiger partial charge in [0, 0.05) is 29.8 Å². The number of benzene rings is 2. The molecule has 6 heteroatoms. The molecule has 2 atom stereocenters. The molecule has 1 aliphatic rings. The van der Waals surface area contributed by atoms with E-state index in [-0.39, 0.29) is 24.3 Å². The van der Waals surface area contributed by atoms with Crippen molar-refractivity contribution >= 4 is 11.8 Å². The highest BCUT2D eigenvalue weighted by Gasteiger charge is 2.38. The summed E-state index contributed by atoms with van der Waals surface area (Å²) in [6, 6.07) is 19.7. The Hall–Kier alpha value is -3.41. The van der Waals surface area contributed by atoms with Crippen LogP contribution < -0.4 is 10.6 Å². The number of para-hydroxylation sites is 1. The maximum atomic E-state index is 12.2. The Balaban J connectivity index is 1.46. The van der Waals surface area contributed by atoms with E-state index >= 15 is 0 Å². The number of hydrogen-bond acceptors (Lipinski definition) is 3. The second-order valence-electron chi connectivity index (χ2n) is 7.46. The smallest absolute Gasteiger partial charge is 0.239 e. The summed E-state index contributed by atoms with van der Waals surface area (Å²) in [5.74, 6) is 0.250. The van der Waals surface area contributed by atoms with Gasteiger partial charge in [-0.1, -0.05) is 55.5 Å². The Bertz CT molecular complexity index is 998. The first-order chi connectivity index (χ1) is 14.1. The lowest BCUT2D eigenvalue weighted by Gasteiger charge is -2.07. The standard InChI is InChI=1S/C23H24N4O2/c1-16-12-20(16)23(29)25-14-21(28)24-13-18-15-27(19-10-6-3-7-11-19)26-22(18)17-8-4-2-5-9-17/h2-11,15-16,20H,12-14H2,1H3,(H,24,28)(H,25,29)/t16-,20+/m1/s1. The first kappa shape index (κ1) is 18.9. The molecule has 3 aromatic rings. The Morgan fingerprint density at radius 1 is 1.03 bits per heavy atom. The molecule has 1 fully saturated rings. The molecule has 1 heterocycles. The SMILES string of the molecule is C[C@@H]1C[C@@H]1C(=O)NCC(=O)NCc1cn(-c2ccccc2)nc1-c1ccccc1. The number of hydrogen-bond donors (Lipinski definition) is 2. The van der Waals surface area contributed by atoms with E-state index in [4.69, 9.17) is 5.10 Å². The Labute approximate surface area is 169 Å². The summed E-state index contributed by atoms with van der Waals surface area (Å²) >= 11 is 0. The number of aromatic nitrogens is 2. The van der Waals surface area contributed by atoms with Crippen LogP contribution >= 0.6 is 0 Å². The second-order valence-corrected chi connectivity index (χ2v) is 7.46. The summed E-state index contributed by atoms with van der Waals surface area (Å²) in [6.07, 6.45) is 2.84. The number of rotatable bonds is 7. The Kier molecular flexibility index (Phi) is 5.42. The highest BCUT2D eigenvalue weighted by Crippen LogP contribution is 2.37. The van der Waals surface area contributed by atoms with Crippen molar-refractivity contribution in [3.05, 3.63) is 72.4 Å². The Morgan fingerprint density at radius 3 is 2.34 bits per heavy atom. The molecular weight excluding hydrogens is 364 g/mol. The predicted molar refractivity (Wildman–Crippen MR) is 111 cm³/mol. The van der Waals surface area contributed by atoms with E-state index in [1.807, 2.05) is 78.5 Å². The van der Waals surface area contributed by atoms with Gasteiger partial charge >= 0.3 is 0 Å². The summed E-state index contributed by atoms with van der Waals surface area (Å²) in [6.45, 7) is 2.38. The third kappa shape index (κ3) is 4.54. The normalized spacial score (nSPS) is 17.6. The van der Waals surface area contributed by atoms with Crippen molar-refractivity contribution in [2.75, 3.05) is 6.54 Å². The van der Waals surface area contributed by atoms with Crippen molar-refractivity contribution in [1.29, 1.82) is 0 Å². The highest BCUT2D eigenvalue weighted by atomic mass is 16.2. The van der Waals surface area contributed by atoms with Gasteiger partial charge in [0.15, 0.2) is 0 Å². The van der Waals surface area contributed by atoms with Crippen molar-refractivity contribution < 1.29 is 9.59 Å². The van der Waals surface area contributed by atoms with Crippen LogP contribution in [0.1, 0.15) is 18.9 Å². The van der Waals surface area contributed by atoms with E-state index in [1.54, 1.807) is 0 Å². The molecule has 6 nitrogen and oxygen atoms in total. The van der Waals surface area contributed by atoms with Crippen molar-refractivity contribution in [3.8, 4) is 16.9 Å². The van der Waals surface area contributed by atoms with Gasteiger partial charge < -0.3 is 10.6 Å². The van der Waals surface area contributed by atoms with Crippen LogP contribution in [0.15, 0.2) is 66.9 Å². The first-order valence-electron chi connectivity index (χ1n) is 9.85. The molecule has 2 N–H and O–H groups in total. The molecule has 0 unspecified atom stereocenters. The van der Waals surface area contributed by atoms with Crippen molar-refractivity contribution in [2.24, 2.45) is 11.8 Å². The van der Waals surface area contributed by atoms with Crippen LogP contribution in [0, 0.1) is 11.8 Å². The topological polar surface area (TPSA) is 76.0 Å². The quantitative estimate of drug-likeness (QED) is 0.653. The van der Waals surface area contributed by atoms with Crippen molar-refractivity contribution in [1.82, 2.24) is 20.4 Å². The molecule has 0 spiro atoms. The van der Waals surface area contributed by atoms with E-state index in [0.29, 0.717) is 12.5 Å². The van der Waals surface area contributed by atoms with Gasteiger partial charge in [-0.25, -0.2) is 4.68 Å². The lowest BCUT2D eigenvalue weighted by atomic mass is 10.1. The van der Waals surface area contributed by atoms with Crippen LogP contribution in [-0.4, -0.2) is 28.1 Å². The zero-order valence-corrected chi connectivity index (χ0v) is 16.3. The summed E-state index contributed by atoms with van der Waals surface area (Å²) in [5.41, 5.74) is 3.68. The molecule has 0 radical (unpaired) electrons. The lowest BCUT2D eigenvalue weighted by Crippen LogP contribution is -2.37. The van der Waals surface area contributed by atoms with Crippen LogP contribution in [0.4, 0.5) is 0 Å². The fourth-order valence-electron chi connectivity index (χ4n) is 3.33. The van der Waals surface area contributed by atoms with E-state index < -0.39 is 0 Å². The number of nitrogens with one attached hydrogen (secondary N) is 2. The fraction of sp³-hybridized carbons (Fsp3) is 0.261. The average molecular weight is 388 g/mol. The minimum Gasteiger partial charge on any atom is -0.350 e. The van der Waals surface area contributed by atoms with Crippen LogP contribution in [0.3, 0.4) is 0 Å². The zero-order chi connectivity index (χ0) is 20.2. The average Bonchev–Trinajstić information content (AvgIpc) is 3.34. The Morgan fingerprint density at radius 2 is 1.69 bits per heavy atom. The first-order valence-corrected chi connectivity index (χ1v) is 9.85. The van der Waals surface area contributed by atoms with E-state index in [9.17, 15) is 9.59 Å². The van der Waals surface area contributed by atoms with Gasteiger partial charge in [-0.3, -0.25) is 9.59 Å². The van der Waals surface area contributed by atoms with Gasteiger partial charge in [0.25, 0.3) is 0 Å². The molecule has 0 saturated heterocycles. The van der Waals surface area contributed by atoms with E-state index in [2.05, 4.69) is 10.6 Å². The maximum absolute atomic E-state index is 12.2. The molecule has 0 bridgehead atoms. The fourth-order valence-corrected chi connectivity index (χ4v) is 3.33. The molecule has 29 heavy (non-hydrogen) atoms. The number of nitrogens with zero attached hydrogens (tertiary/aromatic N) is 2. The molecule has 1 saturated carbocycles. The minimum atomic E-state index is -0.210. The van der Waals surface area contributed by atoms with Crippen LogP contribution in [0.5, 0.6) is 0 Å². The van der Waals surface area contributed by atoms with E-state index in [0.717, 1.165) is 28.9 Å². The summed E-state index contributed by atoms with van der Waals surface area (Å²) in [4.78, 5) is 24.1. The molecule has 1 aliphatic carbocycles. The molecule has 2 aromatic carbocycles. The van der Waals surface area contributed by atoms with Gasteiger partial charge in [-0.2, -0.15) is 5.10 Å². The van der Waals surface area contributed by atoms with Crippen LogP contribution in [0.25, 0.3) is 16.9 Å². The van der Waals surface area contributed by atoms with Gasteiger partial charge in [0.1, 0.15) is 0 Å². The summed E-state index contributed by atoms with van der Waals surface area (Å²) < 4.78 is 1.82. The molecule has 4 rings (SSSR count). The third-order valence-corrected chi connectivity index (χ3v) is 5.20. The molecule has 1 aromatic heterocycles. The van der Waals surface area contributed by atoms with Gasteiger partial charge in [0.05, 0.1) is 17.9 Å². The highest BCUT2D eigenvalue weighted by molar-refractivity contribution is 5.87. The zero-order valence-electron chi connectivity index (χ0n) is 16.3. The monoisotopic (exact) mass is 388 g/mol. The minimum absolute atomic E-state index is 0.00442. The van der Waals surface area contributed by atoms with E-state index in [1.165, 1.54) is 0 Å². The maximum Gasteiger partial charge on any atom is 0.239 e. The number of amides is 2. The second kappa shape index (κ2) is 8.31. The summed E-state index contributed by atoms with van der Waals surface area (Å²) in [7, 11) is 0.